The van der Waals surface area contributed by atoms with Crippen LogP contribution in [0.1, 0.15) is 41.5 Å². The third-order valence-electron chi connectivity index (χ3n) is 2.86. The summed E-state index contributed by atoms with van der Waals surface area (Å²) >= 11 is 4.29. The minimum absolute atomic E-state index is 0.182. The second kappa shape index (κ2) is 7.81. The molecule has 0 bridgehead atoms. The summed E-state index contributed by atoms with van der Waals surface area (Å²) in [6.07, 6.45) is 0. The van der Waals surface area contributed by atoms with E-state index in [4.69, 9.17) is 9.47 Å². The molecule has 24 heavy (non-hydrogen) atoms. The van der Waals surface area contributed by atoms with Crippen LogP contribution >= 0.6 is 45.2 Å². The van der Waals surface area contributed by atoms with Crippen LogP contribution in [0.15, 0.2) is 42.5 Å². The highest BCUT2D eigenvalue weighted by molar-refractivity contribution is 14.1. The van der Waals surface area contributed by atoms with Crippen molar-refractivity contribution < 1.29 is 19.1 Å². The zero-order valence-corrected chi connectivity index (χ0v) is 17.7. The third-order valence-corrected chi connectivity index (χ3v) is 4.38. The van der Waals surface area contributed by atoms with E-state index >= 15 is 0 Å². The Kier molecular flexibility index (Phi) is 6.24. The van der Waals surface area contributed by atoms with Gasteiger partial charge in [-0.15, -0.1) is 0 Å². The average molecular weight is 550 g/mol. The lowest BCUT2D eigenvalue weighted by molar-refractivity contribution is 0.00663. The maximum absolute atomic E-state index is 12.5. The lowest BCUT2D eigenvalue weighted by atomic mass is 10.1. The highest BCUT2D eigenvalue weighted by Gasteiger charge is 2.24. The average Bonchev–Trinajstić information content (AvgIpc) is 2.48. The first-order valence-corrected chi connectivity index (χ1v) is 9.33. The molecular formula is C18H16I2O4. The Balaban J connectivity index is 2.28. The number of benzene rings is 2. The van der Waals surface area contributed by atoms with E-state index in [2.05, 4.69) is 45.2 Å². The number of halogens is 2. The zero-order valence-electron chi connectivity index (χ0n) is 13.4. The summed E-state index contributed by atoms with van der Waals surface area (Å²) < 4.78 is 12.7. The van der Waals surface area contributed by atoms with Crippen LogP contribution in [0.3, 0.4) is 0 Å². The number of ether oxygens (including phenoxy) is 2. The molecule has 2 aromatic carbocycles. The van der Waals surface area contributed by atoms with Crippen molar-refractivity contribution in [3.05, 3.63) is 60.7 Å². The van der Waals surface area contributed by atoms with Gasteiger partial charge in [0.05, 0.1) is 14.7 Å². The molecular weight excluding hydrogens is 534 g/mol. The van der Waals surface area contributed by atoms with Crippen LogP contribution in [0.2, 0.25) is 0 Å². The lowest BCUT2D eigenvalue weighted by Crippen LogP contribution is -2.25. The molecule has 0 unspecified atom stereocenters. The predicted octanol–water partition coefficient (Wildman–Crippen LogP) is 5.07. The number of hydrogen-bond donors (Lipinski definition) is 0. The molecule has 6 heteroatoms. The number of rotatable bonds is 3. The van der Waals surface area contributed by atoms with E-state index in [-0.39, 0.29) is 11.1 Å². The molecule has 0 radical (unpaired) electrons. The molecule has 0 aliphatic rings. The smallest absolute Gasteiger partial charge is 0.344 e. The summed E-state index contributed by atoms with van der Waals surface area (Å²) in [6, 6.07) is 12.0. The first-order chi connectivity index (χ1) is 11.2. The summed E-state index contributed by atoms with van der Waals surface area (Å²) in [6.45, 7) is 5.33. The first-order valence-electron chi connectivity index (χ1n) is 7.17. The topological polar surface area (TPSA) is 52.6 Å². The summed E-state index contributed by atoms with van der Waals surface area (Å²) in [5.74, 6) is -0.678. The molecule has 2 aromatic rings. The van der Waals surface area contributed by atoms with Crippen LogP contribution in [0.4, 0.5) is 0 Å². The van der Waals surface area contributed by atoms with Gasteiger partial charge in [-0.2, -0.15) is 0 Å². The predicted molar refractivity (Wildman–Crippen MR) is 108 cm³/mol. The standard InChI is InChI=1S/C18H16I2O4/c1-18(2,3)24-17(22)13-7-5-4-6-12(13)16(21)23-15-9-8-11(19)10-14(15)20/h4-10H,1-3H3. The van der Waals surface area contributed by atoms with Crippen molar-refractivity contribution in [2.45, 2.75) is 26.4 Å². The molecule has 0 fully saturated rings. The second-order valence-corrected chi connectivity index (χ2v) is 8.42. The van der Waals surface area contributed by atoms with Crippen molar-refractivity contribution in [1.82, 2.24) is 0 Å². The molecule has 126 valence electrons. The molecule has 4 nitrogen and oxygen atoms in total. The second-order valence-electron chi connectivity index (χ2n) is 6.01. The molecule has 0 saturated heterocycles. The molecule has 0 atom stereocenters. The molecule has 0 N–H and O–H groups in total. The number of carbonyl (C=O) groups is 2. The van der Waals surface area contributed by atoms with Gasteiger partial charge in [0.25, 0.3) is 0 Å². The Morgan fingerprint density at radius 2 is 1.50 bits per heavy atom. The number of carbonyl (C=O) groups excluding carboxylic acids is 2. The van der Waals surface area contributed by atoms with E-state index in [1.165, 1.54) is 0 Å². The maximum atomic E-state index is 12.5. The van der Waals surface area contributed by atoms with Gasteiger partial charge < -0.3 is 9.47 Å². The first kappa shape index (κ1) is 19.2. The van der Waals surface area contributed by atoms with Crippen molar-refractivity contribution in [2.75, 3.05) is 0 Å². The van der Waals surface area contributed by atoms with Gasteiger partial charge in [0.15, 0.2) is 0 Å². The Labute approximate surface area is 168 Å². The van der Waals surface area contributed by atoms with E-state index in [1.54, 1.807) is 51.1 Å². The zero-order chi connectivity index (χ0) is 17.9. The van der Waals surface area contributed by atoms with Gasteiger partial charge in [-0.05, 0) is 96.3 Å². The quantitative estimate of drug-likeness (QED) is 0.305. The minimum Gasteiger partial charge on any atom is -0.456 e. The van der Waals surface area contributed by atoms with E-state index < -0.39 is 17.5 Å². The van der Waals surface area contributed by atoms with Crippen LogP contribution in [-0.2, 0) is 4.74 Å². The molecule has 0 aromatic heterocycles. The maximum Gasteiger partial charge on any atom is 0.344 e. The fourth-order valence-corrected chi connectivity index (χ4v) is 3.60. The molecule has 0 aliphatic carbocycles. The molecule has 2 rings (SSSR count). The van der Waals surface area contributed by atoms with Gasteiger partial charge in [-0.1, -0.05) is 12.1 Å². The monoisotopic (exact) mass is 550 g/mol. The van der Waals surface area contributed by atoms with Gasteiger partial charge in [0.2, 0.25) is 0 Å². The third kappa shape index (κ3) is 5.17. The normalized spacial score (nSPS) is 11.0. The Morgan fingerprint density at radius 3 is 2.04 bits per heavy atom. The van der Waals surface area contributed by atoms with E-state index in [0.717, 1.165) is 7.14 Å². The van der Waals surface area contributed by atoms with Crippen molar-refractivity contribution in [1.29, 1.82) is 0 Å². The molecule has 0 amide bonds. The highest BCUT2D eigenvalue weighted by Crippen LogP contribution is 2.25. The van der Waals surface area contributed by atoms with Gasteiger partial charge in [0.1, 0.15) is 11.4 Å². The highest BCUT2D eigenvalue weighted by atomic mass is 127. The fraction of sp³-hybridized carbons (Fsp3) is 0.222. The Bertz CT molecular complexity index is 779. The summed E-state index contributed by atoms with van der Waals surface area (Å²) in [4.78, 5) is 24.8. The van der Waals surface area contributed by atoms with Gasteiger partial charge in [-0.25, -0.2) is 9.59 Å². The minimum atomic E-state index is -0.639. The van der Waals surface area contributed by atoms with Crippen LogP contribution < -0.4 is 4.74 Å². The van der Waals surface area contributed by atoms with E-state index in [9.17, 15) is 9.59 Å². The Hall–Kier alpha value is -1.16. The van der Waals surface area contributed by atoms with Crippen LogP contribution in [0.5, 0.6) is 5.75 Å². The van der Waals surface area contributed by atoms with E-state index in [0.29, 0.717) is 5.75 Å². The number of esters is 2. The SMILES string of the molecule is CC(C)(C)OC(=O)c1ccccc1C(=O)Oc1ccc(I)cc1I. The van der Waals surface area contributed by atoms with Crippen molar-refractivity contribution >= 4 is 57.1 Å². The largest absolute Gasteiger partial charge is 0.456 e. The molecule has 0 saturated carbocycles. The Morgan fingerprint density at radius 1 is 0.917 bits per heavy atom. The van der Waals surface area contributed by atoms with Gasteiger partial charge >= 0.3 is 11.9 Å². The van der Waals surface area contributed by atoms with Gasteiger partial charge in [-0.3, -0.25) is 0 Å². The van der Waals surface area contributed by atoms with Crippen molar-refractivity contribution in [2.24, 2.45) is 0 Å². The lowest BCUT2D eigenvalue weighted by Gasteiger charge is -2.20. The summed E-state index contributed by atoms with van der Waals surface area (Å²) in [7, 11) is 0. The van der Waals surface area contributed by atoms with Crippen LogP contribution in [-0.4, -0.2) is 17.5 Å². The fourth-order valence-electron chi connectivity index (χ4n) is 1.89. The van der Waals surface area contributed by atoms with Gasteiger partial charge in [0, 0.05) is 3.57 Å². The molecule has 0 aliphatic heterocycles. The van der Waals surface area contributed by atoms with Crippen LogP contribution in [0.25, 0.3) is 0 Å². The van der Waals surface area contributed by atoms with E-state index in [1.807, 2.05) is 12.1 Å². The summed E-state index contributed by atoms with van der Waals surface area (Å²) in [5.41, 5.74) is -0.265. The molecule has 0 heterocycles. The van der Waals surface area contributed by atoms with Crippen LogP contribution in [0, 0.1) is 7.14 Å². The van der Waals surface area contributed by atoms with Crippen molar-refractivity contribution in [3.63, 3.8) is 0 Å². The number of hydrogen-bond acceptors (Lipinski definition) is 4. The van der Waals surface area contributed by atoms with Crippen molar-refractivity contribution in [3.8, 4) is 5.75 Å². The summed E-state index contributed by atoms with van der Waals surface area (Å²) in [5, 5.41) is 0. The molecule has 0 spiro atoms.